The van der Waals surface area contributed by atoms with Crippen LogP contribution < -0.4 is 4.74 Å². The molecule has 0 unspecified atom stereocenters. The van der Waals surface area contributed by atoms with Crippen molar-refractivity contribution in [3.8, 4) is 5.75 Å². The van der Waals surface area contributed by atoms with Crippen LogP contribution in [-0.4, -0.2) is 7.11 Å². The highest BCUT2D eigenvalue weighted by molar-refractivity contribution is 9.08. The molecule has 0 saturated heterocycles. The van der Waals surface area contributed by atoms with E-state index < -0.39 is 0 Å². The summed E-state index contributed by atoms with van der Waals surface area (Å²) in [6.45, 7) is 0. The molecule has 1 nitrogen and oxygen atoms in total. The standard InChI is InChI=1S/C8H7BrCl2O/c1-12-8-5(4-9)2-3-6(10)7(8)11/h2-3H,4H2,1H3. The van der Waals surface area contributed by atoms with Crippen molar-refractivity contribution in [3.63, 3.8) is 0 Å². The molecule has 0 saturated carbocycles. The van der Waals surface area contributed by atoms with Crippen molar-refractivity contribution >= 4 is 39.1 Å². The fraction of sp³-hybridized carbons (Fsp3) is 0.250. The molecule has 0 atom stereocenters. The molecule has 12 heavy (non-hydrogen) atoms. The second-order valence-corrected chi connectivity index (χ2v) is 3.53. The first-order valence-electron chi connectivity index (χ1n) is 3.27. The van der Waals surface area contributed by atoms with E-state index in [4.69, 9.17) is 27.9 Å². The van der Waals surface area contributed by atoms with Crippen LogP contribution in [0.2, 0.25) is 10.0 Å². The van der Waals surface area contributed by atoms with Gasteiger partial charge >= 0.3 is 0 Å². The van der Waals surface area contributed by atoms with Crippen molar-refractivity contribution < 1.29 is 4.74 Å². The van der Waals surface area contributed by atoms with Gasteiger partial charge < -0.3 is 4.74 Å². The molecular formula is C8H7BrCl2O. The average Bonchev–Trinajstić information content (AvgIpc) is 2.09. The van der Waals surface area contributed by atoms with Gasteiger partial charge in [-0.05, 0) is 6.07 Å². The highest BCUT2D eigenvalue weighted by Crippen LogP contribution is 2.35. The minimum atomic E-state index is 0.469. The minimum Gasteiger partial charge on any atom is -0.495 e. The molecule has 0 heterocycles. The van der Waals surface area contributed by atoms with E-state index in [1.165, 1.54) is 0 Å². The molecule has 0 fully saturated rings. The van der Waals surface area contributed by atoms with Crippen molar-refractivity contribution in [2.24, 2.45) is 0 Å². The van der Waals surface area contributed by atoms with Crippen molar-refractivity contribution in [2.45, 2.75) is 5.33 Å². The molecule has 0 bridgehead atoms. The highest BCUT2D eigenvalue weighted by atomic mass is 79.9. The summed E-state index contributed by atoms with van der Waals surface area (Å²) in [6, 6.07) is 3.63. The number of benzene rings is 1. The summed E-state index contributed by atoms with van der Waals surface area (Å²) < 4.78 is 5.10. The van der Waals surface area contributed by atoms with Crippen LogP contribution in [0.4, 0.5) is 0 Å². The Bertz CT molecular complexity index is 289. The molecule has 1 aromatic rings. The SMILES string of the molecule is COc1c(CBr)ccc(Cl)c1Cl. The van der Waals surface area contributed by atoms with E-state index >= 15 is 0 Å². The lowest BCUT2D eigenvalue weighted by Gasteiger charge is -2.08. The maximum Gasteiger partial charge on any atom is 0.143 e. The Morgan fingerprint density at radius 2 is 2.08 bits per heavy atom. The number of halogens is 3. The van der Waals surface area contributed by atoms with Gasteiger partial charge in [-0.2, -0.15) is 0 Å². The van der Waals surface area contributed by atoms with E-state index in [1.807, 2.05) is 6.07 Å². The summed E-state index contributed by atoms with van der Waals surface area (Å²) in [5.74, 6) is 0.640. The number of methoxy groups -OCH3 is 1. The first-order valence-corrected chi connectivity index (χ1v) is 5.15. The molecule has 0 aliphatic heterocycles. The predicted molar refractivity (Wildman–Crippen MR) is 55.6 cm³/mol. The van der Waals surface area contributed by atoms with Gasteiger partial charge in [-0.15, -0.1) is 0 Å². The Morgan fingerprint density at radius 3 is 2.58 bits per heavy atom. The maximum atomic E-state index is 5.90. The van der Waals surface area contributed by atoms with Gasteiger partial charge in [0.2, 0.25) is 0 Å². The molecule has 66 valence electrons. The average molecular weight is 270 g/mol. The Hall–Kier alpha value is 0.0800. The first kappa shape index (κ1) is 10.2. The zero-order chi connectivity index (χ0) is 9.14. The minimum absolute atomic E-state index is 0.469. The van der Waals surface area contributed by atoms with Crippen molar-refractivity contribution in [2.75, 3.05) is 7.11 Å². The molecule has 0 radical (unpaired) electrons. The third-order valence-electron chi connectivity index (χ3n) is 1.48. The molecule has 0 aliphatic carbocycles. The van der Waals surface area contributed by atoms with Crippen LogP contribution in [0.5, 0.6) is 5.75 Å². The first-order chi connectivity index (χ1) is 5.70. The van der Waals surface area contributed by atoms with Gasteiger partial charge in [-0.1, -0.05) is 45.2 Å². The van der Waals surface area contributed by atoms with E-state index in [9.17, 15) is 0 Å². The number of alkyl halides is 1. The smallest absolute Gasteiger partial charge is 0.143 e. The van der Waals surface area contributed by atoms with Crippen molar-refractivity contribution in [1.82, 2.24) is 0 Å². The lowest BCUT2D eigenvalue weighted by atomic mass is 10.2. The normalized spacial score (nSPS) is 10.0. The summed E-state index contributed by atoms with van der Waals surface area (Å²) in [7, 11) is 1.57. The fourth-order valence-corrected chi connectivity index (χ4v) is 1.75. The Labute approximate surface area is 89.7 Å². The third-order valence-corrected chi connectivity index (χ3v) is 2.87. The fourth-order valence-electron chi connectivity index (χ4n) is 0.898. The van der Waals surface area contributed by atoms with Gasteiger partial charge in [0.1, 0.15) is 10.8 Å². The van der Waals surface area contributed by atoms with Gasteiger partial charge in [-0.25, -0.2) is 0 Å². The molecule has 0 N–H and O–H groups in total. The Morgan fingerprint density at radius 1 is 1.42 bits per heavy atom. The zero-order valence-electron chi connectivity index (χ0n) is 6.40. The summed E-state index contributed by atoms with van der Waals surface area (Å²) in [6.07, 6.45) is 0. The van der Waals surface area contributed by atoms with Crippen LogP contribution in [0.25, 0.3) is 0 Å². The molecule has 0 aliphatic rings. The van der Waals surface area contributed by atoms with E-state index in [1.54, 1.807) is 13.2 Å². The predicted octanol–water partition coefficient (Wildman–Crippen LogP) is 3.90. The van der Waals surface area contributed by atoms with Crippen molar-refractivity contribution in [3.05, 3.63) is 27.7 Å². The lowest BCUT2D eigenvalue weighted by molar-refractivity contribution is 0.411. The summed E-state index contributed by atoms with van der Waals surface area (Å²) in [5, 5.41) is 1.68. The molecule has 0 spiro atoms. The third kappa shape index (κ3) is 1.87. The van der Waals surface area contributed by atoms with E-state index in [0.29, 0.717) is 21.1 Å². The second kappa shape index (κ2) is 4.35. The van der Waals surface area contributed by atoms with Gasteiger partial charge in [-0.3, -0.25) is 0 Å². The number of hydrogen-bond acceptors (Lipinski definition) is 1. The quantitative estimate of drug-likeness (QED) is 0.740. The molecule has 0 amide bonds. The van der Waals surface area contributed by atoms with Crippen LogP contribution in [0.3, 0.4) is 0 Å². The number of rotatable bonds is 2. The number of hydrogen-bond donors (Lipinski definition) is 0. The zero-order valence-corrected chi connectivity index (χ0v) is 9.50. The van der Waals surface area contributed by atoms with Crippen molar-refractivity contribution in [1.29, 1.82) is 0 Å². The van der Waals surface area contributed by atoms with Gasteiger partial charge in [0, 0.05) is 10.9 Å². The van der Waals surface area contributed by atoms with E-state index in [2.05, 4.69) is 15.9 Å². The molecule has 4 heteroatoms. The van der Waals surface area contributed by atoms with Crippen LogP contribution in [0.1, 0.15) is 5.56 Å². The maximum absolute atomic E-state index is 5.90. The van der Waals surface area contributed by atoms with Gasteiger partial charge in [0.25, 0.3) is 0 Å². The molecule has 0 aromatic heterocycles. The largest absolute Gasteiger partial charge is 0.495 e. The summed E-state index contributed by atoms with van der Waals surface area (Å²) in [5.41, 5.74) is 0.993. The summed E-state index contributed by atoms with van der Waals surface area (Å²) in [4.78, 5) is 0. The molecule has 1 aromatic carbocycles. The van der Waals surface area contributed by atoms with Gasteiger partial charge in [0.05, 0.1) is 12.1 Å². The van der Waals surface area contributed by atoms with Gasteiger partial charge in [0.15, 0.2) is 0 Å². The van der Waals surface area contributed by atoms with Crippen LogP contribution >= 0.6 is 39.1 Å². The Kier molecular flexibility index (Phi) is 3.69. The monoisotopic (exact) mass is 268 g/mol. The van der Waals surface area contributed by atoms with Crippen LogP contribution in [-0.2, 0) is 5.33 Å². The molecular weight excluding hydrogens is 263 g/mol. The lowest BCUT2D eigenvalue weighted by Crippen LogP contribution is -1.90. The molecule has 1 rings (SSSR count). The van der Waals surface area contributed by atoms with Crippen LogP contribution in [0.15, 0.2) is 12.1 Å². The summed E-state index contributed by atoms with van der Waals surface area (Å²) >= 11 is 15.0. The number of ether oxygens (including phenoxy) is 1. The van der Waals surface area contributed by atoms with E-state index in [0.717, 1.165) is 5.56 Å². The van der Waals surface area contributed by atoms with Crippen LogP contribution in [0, 0.1) is 0 Å². The van der Waals surface area contributed by atoms with E-state index in [-0.39, 0.29) is 0 Å². The second-order valence-electron chi connectivity index (χ2n) is 2.19. The highest BCUT2D eigenvalue weighted by Gasteiger charge is 2.09. The topological polar surface area (TPSA) is 9.23 Å². The Balaban J connectivity index is 3.25.